The minimum atomic E-state index is -2.81. The zero-order valence-corrected chi connectivity index (χ0v) is 21.2. The van der Waals surface area contributed by atoms with Crippen molar-refractivity contribution in [1.82, 2.24) is 24.4 Å². The summed E-state index contributed by atoms with van der Waals surface area (Å²) in [6.07, 6.45) is -2.81. The highest BCUT2D eigenvalue weighted by Gasteiger charge is 2.27. The van der Waals surface area contributed by atoms with E-state index in [-0.39, 0.29) is 11.9 Å². The molecule has 2 aromatic carbocycles. The Kier molecular flexibility index (Phi) is 6.69. The fourth-order valence-electron chi connectivity index (χ4n) is 5.03. The summed E-state index contributed by atoms with van der Waals surface area (Å²) in [5.74, 6) is 0.847. The van der Waals surface area contributed by atoms with E-state index in [1.54, 1.807) is 53.4 Å². The number of hydrogen-bond donors (Lipinski definition) is 1. The van der Waals surface area contributed by atoms with E-state index < -0.39 is 12.2 Å². The summed E-state index contributed by atoms with van der Waals surface area (Å²) in [5.41, 5.74) is 7.91. The molecule has 0 spiro atoms. The molecule has 0 atom stereocenters. The van der Waals surface area contributed by atoms with Crippen molar-refractivity contribution in [3.05, 3.63) is 66.0 Å². The first kappa shape index (κ1) is 25.0. The third-order valence-electron chi connectivity index (χ3n) is 7.09. The zero-order valence-electron chi connectivity index (χ0n) is 21.2. The Morgan fingerprint density at radius 1 is 0.846 bits per heavy atom. The van der Waals surface area contributed by atoms with Crippen LogP contribution in [0.1, 0.15) is 22.6 Å². The Morgan fingerprint density at radius 2 is 1.49 bits per heavy atom. The molecule has 2 aliphatic rings. The lowest BCUT2D eigenvalue weighted by Crippen LogP contribution is -2.49. The number of anilines is 3. The van der Waals surface area contributed by atoms with Crippen molar-refractivity contribution in [1.29, 1.82) is 0 Å². The minimum absolute atomic E-state index is 0.114. The molecule has 0 radical (unpaired) electrons. The lowest BCUT2D eigenvalue weighted by atomic mass is 10.1. The van der Waals surface area contributed by atoms with E-state index in [2.05, 4.69) is 14.8 Å². The number of amides is 1. The second-order valence-electron chi connectivity index (χ2n) is 9.45. The predicted molar refractivity (Wildman–Crippen MR) is 144 cm³/mol. The van der Waals surface area contributed by atoms with Crippen LogP contribution in [0, 0.1) is 0 Å². The summed E-state index contributed by atoms with van der Waals surface area (Å²) in [4.78, 5) is 32.6. The summed E-state index contributed by atoms with van der Waals surface area (Å²) in [5, 5.41) is 0. The van der Waals surface area contributed by atoms with Gasteiger partial charge in [-0.25, -0.2) is 13.8 Å². The van der Waals surface area contributed by atoms with Gasteiger partial charge in [0.05, 0.1) is 29.8 Å². The highest BCUT2D eigenvalue weighted by molar-refractivity contribution is 5.99. The highest BCUT2D eigenvalue weighted by Crippen LogP contribution is 2.30. The number of fused-ring (bicyclic) bond motifs is 1. The van der Waals surface area contributed by atoms with Crippen LogP contribution in [0.4, 0.5) is 26.1 Å². The molecule has 2 aromatic heterocycles. The molecule has 2 aliphatic heterocycles. The van der Waals surface area contributed by atoms with E-state index >= 15 is 0 Å². The van der Waals surface area contributed by atoms with Gasteiger partial charge in [-0.05, 0) is 24.3 Å². The summed E-state index contributed by atoms with van der Waals surface area (Å²) in [6.45, 7) is 4.33. The van der Waals surface area contributed by atoms with Gasteiger partial charge in [-0.2, -0.15) is 9.97 Å². The van der Waals surface area contributed by atoms with Gasteiger partial charge in [0, 0.05) is 51.0 Å². The van der Waals surface area contributed by atoms with E-state index in [4.69, 9.17) is 20.4 Å². The van der Waals surface area contributed by atoms with Crippen LogP contribution < -0.4 is 15.5 Å². The number of nitrogens with two attached hydrogens (primary N) is 1. The Hall–Kier alpha value is -4.32. The fraction of sp³-hybridized carbons (Fsp3) is 0.333. The molecule has 4 heterocycles. The first-order valence-electron chi connectivity index (χ1n) is 12.9. The van der Waals surface area contributed by atoms with Gasteiger partial charge in [0.25, 0.3) is 12.3 Å². The minimum Gasteiger partial charge on any atom is -0.398 e. The number of para-hydroxylation sites is 3. The standard InChI is InChI=1S/C27H28F2N8O2/c28-24(29)25-31-20-7-3-4-8-21(20)37(25)27-32-22(17-23(33-27)35-13-15-39-16-14-35)34-9-11-36(12-10-34)26(38)18-5-1-2-6-19(18)30/h1-8,17,24H,9-16,30H2. The molecule has 2 fully saturated rings. The second kappa shape index (κ2) is 10.4. The first-order valence-corrected chi connectivity index (χ1v) is 12.9. The molecule has 2 saturated heterocycles. The summed E-state index contributed by atoms with van der Waals surface area (Å²) >= 11 is 0. The van der Waals surface area contributed by atoms with Gasteiger partial charge in [0.15, 0.2) is 5.82 Å². The molecular weight excluding hydrogens is 506 g/mol. The van der Waals surface area contributed by atoms with Gasteiger partial charge < -0.3 is 25.2 Å². The van der Waals surface area contributed by atoms with Crippen LogP contribution in [-0.2, 0) is 4.74 Å². The van der Waals surface area contributed by atoms with Crippen LogP contribution in [0.15, 0.2) is 54.6 Å². The van der Waals surface area contributed by atoms with Gasteiger partial charge in [0.2, 0.25) is 5.95 Å². The Bertz CT molecular complexity index is 1500. The number of ether oxygens (including phenoxy) is 1. The predicted octanol–water partition coefficient (Wildman–Crippen LogP) is 3.13. The third kappa shape index (κ3) is 4.83. The summed E-state index contributed by atoms with van der Waals surface area (Å²) in [6, 6.07) is 15.9. The van der Waals surface area contributed by atoms with Crippen LogP contribution in [0.2, 0.25) is 0 Å². The van der Waals surface area contributed by atoms with Crippen molar-refractivity contribution < 1.29 is 18.3 Å². The number of benzene rings is 2. The maximum Gasteiger partial charge on any atom is 0.296 e. The van der Waals surface area contributed by atoms with Crippen molar-refractivity contribution in [3.63, 3.8) is 0 Å². The van der Waals surface area contributed by atoms with Crippen LogP contribution in [-0.4, -0.2) is 82.8 Å². The lowest BCUT2D eigenvalue weighted by Gasteiger charge is -2.36. The molecule has 10 nitrogen and oxygen atoms in total. The van der Waals surface area contributed by atoms with Crippen molar-refractivity contribution >= 4 is 34.3 Å². The van der Waals surface area contributed by atoms with E-state index in [1.807, 2.05) is 6.07 Å². The number of carbonyl (C=O) groups is 1. The summed E-state index contributed by atoms with van der Waals surface area (Å²) in [7, 11) is 0. The second-order valence-corrected chi connectivity index (χ2v) is 9.45. The van der Waals surface area contributed by atoms with E-state index in [9.17, 15) is 13.6 Å². The molecule has 39 heavy (non-hydrogen) atoms. The van der Waals surface area contributed by atoms with Crippen molar-refractivity contribution in [3.8, 4) is 5.95 Å². The molecule has 0 bridgehead atoms. The van der Waals surface area contributed by atoms with Gasteiger partial charge in [0.1, 0.15) is 11.6 Å². The number of morpholine rings is 1. The van der Waals surface area contributed by atoms with Gasteiger partial charge in [-0.1, -0.05) is 24.3 Å². The maximum absolute atomic E-state index is 14.1. The topological polar surface area (TPSA) is 106 Å². The molecule has 6 rings (SSSR count). The monoisotopic (exact) mass is 534 g/mol. The molecule has 0 unspecified atom stereocenters. The normalized spacial score (nSPS) is 16.3. The average molecular weight is 535 g/mol. The Balaban J connectivity index is 1.35. The SMILES string of the molecule is Nc1ccccc1C(=O)N1CCN(c2cc(N3CCOCC3)nc(-n3c(C(F)F)nc4ccccc43)n2)CC1. The fourth-order valence-corrected chi connectivity index (χ4v) is 5.03. The van der Waals surface area contributed by atoms with E-state index in [1.165, 1.54) is 4.57 Å². The van der Waals surface area contributed by atoms with E-state index in [0.717, 1.165) is 0 Å². The molecule has 0 aliphatic carbocycles. The third-order valence-corrected chi connectivity index (χ3v) is 7.09. The molecular formula is C27H28F2N8O2. The molecule has 202 valence electrons. The number of piperazine rings is 1. The van der Waals surface area contributed by atoms with Crippen LogP contribution >= 0.6 is 0 Å². The number of aromatic nitrogens is 4. The molecule has 12 heteroatoms. The number of nitrogen functional groups attached to an aromatic ring is 1. The largest absolute Gasteiger partial charge is 0.398 e. The number of hydrogen-bond acceptors (Lipinski definition) is 8. The first-order chi connectivity index (χ1) is 19.0. The number of carbonyl (C=O) groups excluding carboxylic acids is 1. The van der Waals surface area contributed by atoms with Gasteiger partial charge in [-0.3, -0.25) is 9.36 Å². The number of alkyl halides is 2. The smallest absolute Gasteiger partial charge is 0.296 e. The van der Waals surface area contributed by atoms with E-state index in [0.29, 0.717) is 86.4 Å². The zero-order chi connectivity index (χ0) is 26.9. The number of rotatable bonds is 5. The lowest BCUT2D eigenvalue weighted by molar-refractivity contribution is 0.0747. The molecule has 1 amide bonds. The molecule has 0 saturated carbocycles. The number of halogens is 2. The molecule has 4 aromatic rings. The summed E-state index contributed by atoms with van der Waals surface area (Å²) < 4.78 is 35.1. The van der Waals surface area contributed by atoms with Crippen molar-refractivity contribution in [2.45, 2.75) is 6.43 Å². The van der Waals surface area contributed by atoms with Crippen molar-refractivity contribution in [2.75, 3.05) is 68.0 Å². The maximum atomic E-state index is 14.1. The highest BCUT2D eigenvalue weighted by atomic mass is 19.3. The Morgan fingerprint density at radius 3 is 2.18 bits per heavy atom. The van der Waals surface area contributed by atoms with Crippen molar-refractivity contribution in [2.24, 2.45) is 0 Å². The number of nitrogens with zero attached hydrogens (tertiary/aromatic N) is 7. The van der Waals surface area contributed by atoms with Crippen LogP contribution in [0.3, 0.4) is 0 Å². The van der Waals surface area contributed by atoms with Gasteiger partial charge >= 0.3 is 0 Å². The average Bonchev–Trinajstić information content (AvgIpc) is 3.38. The van der Waals surface area contributed by atoms with Gasteiger partial charge in [-0.15, -0.1) is 0 Å². The number of imidazole rings is 1. The van der Waals surface area contributed by atoms with Crippen LogP contribution in [0.5, 0.6) is 0 Å². The quantitative estimate of drug-likeness (QED) is 0.390. The Labute approximate surface area is 223 Å². The van der Waals surface area contributed by atoms with Crippen LogP contribution in [0.25, 0.3) is 17.0 Å². The molecule has 2 N–H and O–H groups in total.